The first-order chi connectivity index (χ1) is 11.2. The van der Waals surface area contributed by atoms with Crippen LogP contribution in [0.5, 0.6) is 17.2 Å². The molecule has 1 aliphatic heterocycles. The Hall–Kier alpha value is -1.64. The molecule has 0 saturated heterocycles. The van der Waals surface area contributed by atoms with Gasteiger partial charge in [-0.1, -0.05) is 0 Å². The monoisotopic (exact) mass is 357 g/mol. The van der Waals surface area contributed by atoms with Crippen LogP contribution in [0.15, 0.2) is 12.1 Å². The number of aliphatic carboxylic acids is 1. The van der Waals surface area contributed by atoms with Crippen molar-refractivity contribution in [1.82, 2.24) is 0 Å². The molecule has 1 heterocycles. The van der Waals surface area contributed by atoms with Crippen LogP contribution in [-0.4, -0.2) is 53.9 Å². The van der Waals surface area contributed by atoms with Crippen molar-refractivity contribution in [2.24, 2.45) is 5.73 Å². The van der Waals surface area contributed by atoms with Crippen LogP contribution in [-0.2, 0) is 4.79 Å². The fraction of sp³-hybridized carbons (Fsp3) is 0.562. The molecule has 1 aromatic carbocycles. The largest absolute Gasteiger partial charge is 0.493 e. The van der Waals surface area contributed by atoms with Crippen molar-refractivity contribution in [2.75, 3.05) is 20.0 Å². The Balaban J connectivity index is 2.41. The number of carboxylic acids is 1. The second-order valence-electron chi connectivity index (χ2n) is 6.09. The van der Waals surface area contributed by atoms with E-state index in [-0.39, 0.29) is 5.75 Å². The molecule has 0 unspecified atom stereocenters. The van der Waals surface area contributed by atoms with Gasteiger partial charge in [0.05, 0.1) is 19.5 Å². The van der Waals surface area contributed by atoms with Gasteiger partial charge in [0, 0.05) is 17.4 Å². The van der Waals surface area contributed by atoms with Gasteiger partial charge in [0.25, 0.3) is 0 Å². The molecule has 0 spiro atoms. The van der Waals surface area contributed by atoms with Gasteiger partial charge in [0.2, 0.25) is 0 Å². The first kappa shape index (κ1) is 18.7. The number of thioether (sulfide) groups is 1. The molecule has 0 aliphatic carbocycles. The molecular formula is C16H23NO6S. The average molecular weight is 357 g/mol. The summed E-state index contributed by atoms with van der Waals surface area (Å²) >= 11 is 1.29. The summed E-state index contributed by atoms with van der Waals surface area (Å²) < 4.78 is 16.5. The lowest BCUT2D eigenvalue weighted by molar-refractivity contribution is -0.137. The van der Waals surface area contributed by atoms with Gasteiger partial charge in [0.1, 0.15) is 23.5 Å². The Morgan fingerprint density at radius 3 is 2.50 bits per heavy atom. The third-order valence-corrected chi connectivity index (χ3v) is 5.39. The Kier molecular flexibility index (Phi) is 5.52. The van der Waals surface area contributed by atoms with E-state index in [1.165, 1.54) is 26.0 Å². The summed E-state index contributed by atoms with van der Waals surface area (Å²) in [4.78, 5) is 10.9. The second-order valence-corrected chi connectivity index (χ2v) is 7.27. The molecule has 0 aromatic heterocycles. The number of aliphatic hydroxyl groups is 1. The molecule has 0 fully saturated rings. The van der Waals surface area contributed by atoms with Crippen molar-refractivity contribution in [1.29, 1.82) is 0 Å². The highest BCUT2D eigenvalue weighted by Crippen LogP contribution is 2.50. The van der Waals surface area contributed by atoms with Crippen molar-refractivity contribution >= 4 is 17.7 Å². The lowest BCUT2D eigenvalue weighted by Gasteiger charge is -2.42. The minimum Gasteiger partial charge on any atom is -0.493 e. The molecule has 1 aliphatic rings. The number of fused-ring (bicyclic) bond motifs is 1. The van der Waals surface area contributed by atoms with Crippen LogP contribution in [0.25, 0.3) is 0 Å². The summed E-state index contributed by atoms with van der Waals surface area (Å²) in [6.45, 7) is 3.56. The molecule has 3 atom stereocenters. The van der Waals surface area contributed by atoms with Gasteiger partial charge in [-0.15, -0.1) is 11.8 Å². The van der Waals surface area contributed by atoms with Crippen LogP contribution in [0, 0.1) is 0 Å². The van der Waals surface area contributed by atoms with E-state index in [1.54, 1.807) is 26.0 Å². The molecule has 8 heteroatoms. The molecule has 0 saturated carbocycles. The van der Waals surface area contributed by atoms with Crippen molar-refractivity contribution in [3.63, 3.8) is 0 Å². The number of ether oxygens (including phenoxy) is 3. The molecular weight excluding hydrogens is 334 g/mol. The minimum atomic E-state index is -1.07. The van der Waals surface area contributed by atoms with E-state index in [9.17, 15) is 9.90 Å². The zero-order valence-corrected chi connectivity index (χ0v) is 14.9. The SMILES string of the molecule is COc1cc2c(cc1OC)[C@H](SC[C@H](N)C(=O)O)[C@H](O)C(C)(C)O2. The van der Waals surface area contributed by atoms with Gasteiger partial charge in [-0.3, -0.25) is 4.79 Å². The average Bonchev–Trinajstić information content (AvgIpc) is 2.53. The second kappa shape index (κ2) is 7.08. The number of aliphatic hydroxyl groups excluding tert-OH is 1. The predicted molar refractivity (Wildman–Crippen MR) is 91.1 cm³/mol. The van der Waals surface area contributed by atoms with E-state index >= 15 is 0 Å². The highest BCUT2D eigenvalue weighted by atomic mass is 32.2. The van der Waals surface area contributed by atoms with Crippen LogP contribution < -0.4 is 19.9 Å². The van der Waals surface area contributed by atoms with Crippen molar-refractivity contribution in [3.05, 3.63) is 17.7 Å². The van der Waals surface area contributed by atoms with Gasteiger partial charge < -0.3 is 30.2 Å². The van der Waals surface area contributed by atoms with E-state index < -0.39 is 29.0 Å². The molecule has 0 amide bonds. The zero-order chi connectivity index (χ0) is 18.1. The number of rotatable bonds is 6. The van der Waals surface area contributed by atoms with Crippen molar-refractivity contribution in [3.8, 4) is 17.2 Å². The predicted octanol–water partition coefficient (Wildman–Crippen LogP) is 1.42. The van der Waals surface area contributed by atoms with E-state index in [0.29, 0.717) is 17.2 Å². The van der Waals surface area contributed by atoms with Crippen LogP contribution in [0.1, 0.15) is 24.7 Å². The summed E-state index contributed by atoms with van der Waals surface area (Å²) in [5.41, 5.74) is 5.48. The number of benzene rings is 1. The Morgan fingerprint density at radius 2 is 1.96 bits per heavy atom. The fourth-order valence-corrected chi connectivity index (χ4v) is 3.96. The van der Waals surface area contributed by atoms with Crippen molar-refractivity contribution < 1.29 is 29.2 Å². The Morgan fingerprint density at radius 1 is 1.38 bits per heavy atom. The number of carboxylic acid groups (broad SMARTS) is 1. The van der Waals surface area contributed by atoms with E-state index in [4.69, 9.17) is 25.1 Å². The van der Waals surface area contributed by atoms with Gasteiger partial charge in [0.15, 0.2) is 11.5 Å². The molecule has 1 aromatic rings. The molecule has 7 nitrogen and oxygen atoms in total. The minimum absolute atomic E-state index is 0.168. The smallest absolute Gasteiger partial charge is 0.321 e. The van der Waals surface area contributed by atoms with Crippen LogP contribution in [0.2, 0.25) is 0 Å². The topological polar surface area (TPSA) is 111 Å². The third-order valence-electron chi connectivity index (χ3n) is 3.97. The first-order valence-corrected chi connectivity index (χ1v) is 8.49. The number of hydrogen-bond donors (Lipinski definition) is 3. The Labute approximate surface area is 145 Å². The molecule has 134 valence electrons. The number of methoxy groups -OCH3 is 2. The summed E-state index contributed by atoms with van der Waals surface area (Å²) in [6.07, 6.45) is -0.839. The zero-order valence-electron chi connectivity index (χ0n) is 14.1. The van der Waals surface area contributed by atoms with E-state index in [2.05, 4.69) is 0 Å². The molecule has 0 bridgehead atoms. The molecule has 2 rings (SSSR count). The maximum atomic E-state index is 10.9. The number of carbonyl (C=O) groups is 1. The third kappa shape index (κ3) is 3.55. The molecule has 24 heavy (non-hydrogen) atoms. The lowest BCUT2D eigenvalue weighted by atomic mass is 9.90. The normalized spacial score (nSPS) is 22.9. The van der Waals surface area contributed by atoms with Gasteiger partial charge >= 0.3 is 5.97 Å². The van der Waals surface area contributed by atoms with Gasteiger partial charge in [-0.25, -0.2) is 0 Å². The highest BCUT2D eigenvalue weighted by molar-refractivity contribution is 7.99. The Bertz CT molecular complexity index is 621. The van der Waals surface area contributed by atoms with Crippen LogP contribution >= 0.6 is 11.8 Å². The van der Waals surface area contributed by atoms with Gasteiger partial charge in [-0.2, -0.15) is 0 Å². The summed E-state index contributed by atoms with van der Waals surface area (Å²) in [5, 5.41) is 19.2. The van der Waals surface area contributed by atoms with Crippen LogP contribution in [0.3, 0.4) is 0 Å². The molecule has 4 N–H and O–H groups in total. The first-order valence-electron chi connectivity index (χ1n) is 7.44. The number of hydrogen-bond acceptors (Lipinski definition) is 7. The van der Waals surface area contributed by atoms with Crippen molar-refractivity contribution in [2.45, 2.75) is 36.8 Å². The van der Waals surface area contributed by atoms with E-state index in [1.807, 2.05) is 0 Å². The van der Waals surface area contributed by atoms with E-state index in [0.717, 1.165) is 5.56 Å². The summed E-state index contributed by atoms with van der Waals surface area (Å²) in [6, 6.07) is 2.46. The lowest BCUT2D eigenvalue weighted by Crippen LogP contribution is -2.48. The highest BCUT2D eigenvalue weighted by Gasteiger charge is 2.44. The summed E-state index contributed by atoms with van der Waals surface area (Å²) in [5.74, 6) is 0.704. The maximum absolute atomic E-state index is 10.9. The van der Waals surface area contributed by atoms with Crippen LogP contribution in [0.4, 0.5) is 0 Å². The summed E-state index contributed by atoms with van der Waals surface area (Å²) in [7, 11) is 3.06. The molecule has 0 radical (unpaired) electrons. The quantitative estimate of drug-likeness (QED) is 0.701. The van der Waals surface area contributed by atoms with Gasteiger partial charge in [-0.05, 0) is 19.9 Å². The standard InChI is InChI=1S/C16H23NO6S/c1-16(2)14(18)13(24-7-9(17)15(19)20)8-5-11(21-3)12(22-4)6-10(8)23-16/h5-6,9,13-14,18H,7,17H2,1-4H3,(H,19,20)/t9-,13-,14-/m0/s1. The maximum Gasteiger partial charge on any atom is 0.321 e. The fourth-order valence-electron chi connectivity index (χ4n) is 2.52. The number of nitrogens with two attached hydrogens (primary N) is 1.